The first-order valence-electron chi connectivity index (χ1n) is 7.94. The van der Waals surface area contributed by atoms with E-state index in [1.54, 1.807) is 0 Å². The van der Waals surface area contributed by atoms with Crippen molar-refractivity contribution in [1.82, 2.24) is 10.6 Å². The second kappa shape index (κ2) is 4.95. The van der Waals surface area contributed by atoms with Crippen LogP contribution in [0.2, 0.25) is 0 Å². The van der Waals surface area contributed by atoms with E-state index in [0.717, 1.165) is 31.2 Å². The first-order chi connectivity index (χ1) is 9.52. The fourth-order valence-corrected chi connectivity index (χ4v) is 4.41. The number of nitriles is 1. The minimum absolute atomic E-state index is 0.120. The number of hydrogen-bond donors (Lipinski definition) is 2. The van der Waals surface area contributed by atoms with E-state index >= 15 is 0 Å². The van der Waals surface area contributed by atoms with Gasteiger partial charge in [-0.1, -0.05) is 13.8 Å². The van der Waals surface area contributed by atoms with Gasteiger partial charge in [-0.2, -0.15) is 5.26 Å². The highest BCUT2D eigenvalue weighted by atomic mass is 16.1. The molecule has 3 rings (SSSR count). The van der Waals surface area contributed by atoms with Gasteiger partial charge in [-0.05, 0) is 55.3 Å². The zero-order chi connectivity index (χ0) is 14.3. The minimum Gasteiger partial charge on any atom is -0.356 e. The molecule has 3 unspecified atom stereocenters. The van der Waals surface area contributed by atoms with Crippen LogP contribution in [0.3, 0.4) is 0 Å². The van der Waals surface area contributed by atoms with Crippen LogP contribution in [-0.4, -0.2) is 18.5 Å². The average Bonchev–Trinajstić information content (AvgIpc) is 2.92. The van der Waals surface area contributed by atoms with E-state index in [4.69, 9.17) is 5.26 Å². The Kier molecular flexibility index (Phi) is 3.40. The molecule has 3 aliphatic carbocycles. The Bertz CT molecular complexity index is 433. The summed E-state index contributed by atoms with van der Waals surface area (Å²) in [6, 6.07) is 0.221. The summed E-state index contributed by atoms with van der Waals surface area (Å²) >= 11 is 0. The number of carbonyl (C=O) groups excluding carboxylic acids is 1. The lowest BCUT2D eigenvalue weighted by atomic mass is 9.79. The van der Waals surface area contributed by atoms with E-state index < -0.39 is 0 Å². The van der Waals surface area contributed by atoms with Crippen LogP contribution in [0.4, 0.5) is 0 Å². The molecule has 3 fully saturated rings. The van der Waals surface area contributed by atoms with Crippen molar-refractivity contribution in [2.24, 2.45) is 29.1 Å². The molecule has 4 nitrogen and oxygen atoms in total. The van der Waals surface area contributed by atoms with Crippen LogP contribution in [0.1, 0.15) is 46.0 Å². The van der Waals surface area contributed by atoms with E-state index in [1.165, 1.54) is 19.3 Å². The van der Waals surface area contributed by atoms with E-state index in [-0.39, 0.29) is 17.9 Å². The Balaban J connectivity index is 1.36. The molecule has 3 aliphatic rings. The van der Waals surface area contributed by atoms with Crippen LogP contribution in [-0.2, 0) is 4.79 Å². The maximum Gasteiger partial charge on any atom is 0.223 e. The molecule has 0 radical (unpaired) electrons. The first-order valence-corrected chi connectivity index (χ1v) is 7.94. The van der Waals surface area contributed by atoms with Crippen LogP contribution < -0.4 is 10.6 Å². The van der Waals surface area contributed by atoms with Gasteiger partial charge in [-0.25, -0.2) is 0 Å². The summed E-state index contributed by atoms with van der Waals surface area (Å²) in [5.74, 6) is 2.83. The largest absolute Gasteiger partial charge is 0.356 e. The molecule has 1 amide bonds. The summed E-state index contributed by atoms with van der Waals surface area (Å²) < 4.78 is 0. The Labute approximate surface area is 121 Å². The quantitative estimate of drug-likeness (QED) is 0.609. The highest BCUT2D eigenvalue weighted by Crippen LogP contribution is 2.65. The van der Waals surface area contributed by atoms with Crippen molar-refractivity contribution in [1.29, 1.82) is 5.26 Å². The van der Waals surface area contributed by atoms with Crippen molar-refractivity contribution in [3.8, 4) is 6.19 Å². The predicted molar refractivity (Wildman–Crippen MR) is 76.4 cm³/mol. The number of fused-ring (bicyclic) bond motifs is 1. The topological polar surface area (TPSA) is 64.9 Å². The van der Waals surface area contributed by atoms with E-state index in [9.17, 15) is 4.79 Å². The molecule has 3 saturated carbocycles. The molecule has 0 aliphatic heterocycles. The van der Waals surface area contributed by atoms with Gasteiger partial charge in [-0.15, -0.1) is 0 Å². The van der Waals surface area contributed by atoms with Crippen molar-refractivity contribution in [3.05, 3.63) is 0 Å². The van der Waals surface area contributed by atoms with E-state index in [2.05, 4.69) is 24.5 Å². The molecular formula is C16H25N3O. The second-order valence-electron chi connectivity index (χ2n) is 7.58. The smallest absolute Gasteiger partial charge is 0.223 e. The summed E-state index contributed by atoms with van der Waals surface area (Å²) in [6.45, 7) is 5.63. The third kappa shape index (κ3) is 2.39. The normalized spacial score (nSPS) is 40.8. The predicted octanol–water partition coefficient (Wildman–Crippen LogP) is 2.02. The van der Waals surface area contributed by atoms with Crippen molar-refractivity contribution >= 4 is 5.91 Å². The third-order valence-electron chi connectivity index (χ3n) is 6.10. The Hall–Kier alpha value is -1.24. The van der Waals surface area contributed by atoms with Crippen LogP contribution in [0.25, 0.3) is 0 Å². The molecule has 0 spiro atoms. The zero-order valence-corrected chi connectivity index (χ0v) is 12.5. The van der Waals surface area contributed by atoms with Crippen LogP contribution in [0, 0.1) is 40.5 Å². The summed E-state index contributed by atoms with van der Waals surface area (Å²) in [6.07, 6.45) is 7.47. The number of hydrogen-bond acceptors (Lipinski definition) is 3. The fourth-order valence-electron chi connectivity index (χ4n) is 4.41. The molecule has 0 heterocycles. The standard InChI is InChI=1S/C16H25N3O/c1-16(2)13-4-3-10(5-14(13)16)8-18-15(20)11-6-12(7-11)19-9-17/h10-14,19H,3-8H2,1-2H3,(H,18,20). The maximum absolute atomic E-state index is 12.0. The highest BCUT2D eigenvalue weighted by molar-refractivity contribution is 5.79. The molecule has 4 heteroatoms. The van der Waals surface area contributed by atoms with Gasteiger partial charge in [0.25, 0.3) is 0 Å². The van der Waals surface area contributed by atoms with Gasteiger partial charge in [0.15, 0.2) is 6.19 Å². The van der Waals surface area contributed by atoms with Crippen molar-refractivity contribution in [3.63, 3.8) is 0 Å². The van der Waals surface area contributed by atoms with E-state index in [0.29, 0.717) is 11.3 Å². The maximum atomic E-state index is 12.0. The summed E-state index contributed by atoms with van der Waals surface area (Å²) in [7, 11) is 0. The molecular weight excluding hydrogens is 250 g/mol. The van der Waals surface area contributed by atoms with Crippen molar-refractivity contribution < 1.29 is 4.79 Å². The molecule has 0 saturated heterocycles. The monoisotopic (exact) mass is 275 g/mol. The van der Waals surface area contributed by atoms with E-state index in [1.807, 2.05) is 6.19 Å². The number of nitrogens with zero attached hydrogens (tertiary/aromatic N) is 1. The molecule has 0 bridgehead atoms. The first kappa shape index (κ1) is 13.7. The average molecular weight is 275 g/mol. The third-order valence-corrected chi connectivity index (χ3v) is 6.10. The Morgan fingerprint density at radius 1 is 1.25 bits per heavy atom. The molecule has 20 heavy (non-hydrogen) atoms. The zero-order valence-electron chi connectivity index (χ0n) is 12.5. The summed E-state index contributed by atoms with van der Waals surface area (Å²) in [5, 5.41) is 14.4. The van der Waals surface area contributed by atoms with Gasteiger partial charge < -0.3 is 10.6 Å². The van der Waals surface area contributed by atoms with Gasteiger partial charge in [0.1, 0.15) is 0 Å². The molecule has 0 aromatic rings. The number of carbonyl (C=O) groups is 1. The van der Waals surface area contributed by atoms with Gasteiger partial charge in [0.2, 0.25) is 5.91 Å². The molecule has 110 valence electrons. The van der Waals surface area contributed by atoms with Gasteiger partial charge >= 0.3 is 0 Å². The number of amides is 1. The summed E-state index contributed by atoms with van der Waals surface area (Å²) in [4.78, 5) is 12.0. The Morgan fingerprint density at radius 2 is 2.00 bits per heavy atom. The number of rotatable bonds is 4. The van der Waals surface area contributed by atoms with Crippen molar-refractivity contribution in [2.75, 3.05) is 6.54 Å². The lowest BCUT2D eigenvalue weighted by Gasteiger charge is -2.33. The minimum atomic E-state index is 0.120. The van der Waals surface area contributed by atoms with Crippen molar-refractivity contribution in [2.45, 2.75) is 52.0 Å². The molecule has 3 atom stereocenters. The second-order valence-corrected chi connectivity index (χ2v) is 7.58. The van der Waals surface area contributed by atoms with Crippen LogP contribution in [0.15, 0.2) is 0 Å². The Morgan fingerprint density at radius 3 is 2.65 bits per heavy atom. The van der Waals surface area contributed by atoms with Gasteiger partial charge in [0.05, 0.1) is 0 Å². The molecule has 2 N–H and O–H groups in total. The highest BCUT2D eigenvalue weighted by Gasteiger charge is 2.58. The fraction of sp³-hybridized carbons (Fsp3) is 0.875. The van der Waals surface area contributed by atoms with Crippen LogP contribution in [0.5, 0.6) is 0 Å². The SMILES string of the molecule is CC1(C)C2CCC(CNC(=O)C3CC(NC#N)C3)CC21. The lowest BCUT2D eigenvalue weighted by molar-refractivity contribution is -0.128. The lowest BCUT2D eigenvalue weighted by Crippen LogP contribution is -2.47. The van der Waals surface area contributed by atoms with Gasteiger partial charge in [0, 0.05) is 18.5 Å². The molecule has 0 aromatic carbocycles. The summed E-state index contributed by atoms with van der Waals surface area (Å²) in [5.41, 5.74) is 0.558. The number of nitrogens with one attached hydrogen (secondary N) is 2. The van der Waals surface area contributed by atoms with Crippen LogP contribution >= 0.6 is 0 Å². The molecule has 0 aromatic heterocycles. The van der Waals surface area contributed by atoms with Gasteiger partial charge in [-0.3, -0.25) is 4.79 Å².